The SMILES string of the molecule is C[C@H]1CCCCN1c1ccc(NC(=S)NC(=O)c2ccc(I)cc2)cc1. The molecule has 26 heavy (non-hydrogen) atoms. The Kier molecular flexibility index (Phi) is 6.48. The van der Waals surface area contributed by atoms with Crippen molar-refractivity contribution in [1.82, 2.24) is 5.32 Å². The van der Waals surface area contributed by atoms with Crippen LogP contribution in [0.4, 0.5) is 11.4 Å². The molecule has 1 aliphatic rings. The maximum Gasteiger partial charge on any atom is 0.257 e. The average molecular weight is 479 g/mol. The number of thiocarbonyl (C=S) groups is 1. The summed E-state index contributed by atoms with van der Waals surface area (Å²) in [6, 6.07) is 16.2. The van der Waals surface area contributed by atoms with Crippen molar-refractivity contribution in [3.05, 3.63) is 57.7 Å². The third-order valence-electron chi connectivity index (χ3n) is 4.59. The first-order valence-electron chi connectivity index (χ1n) is 8.77. The smallest absolute Gasteiger partial charge is 0.257 e. The van der Waals surface area contributed by atoms with Gasteiger partial charge in [0.05, 0.1) is 0 Å². The van der Waals surface area contributed by atoms with Gasteiger partial charge >= 0.3 is 0 Å². The van der Waals surface area contributed by atoms with Crippen molar-refractivity contribution in [2.24, 2.45) is 0 Å². The summed E-state index contributed by atoms with van der Waals surface area (Å²) in [6.45, 7) is 3.39. The fraction of sp³-hybridized carbons (Fsp3) is 0.300. The zero-order valence-corrected chi connectivity index (χ0v) is 17.6. The number of anilines is 2. The molecule has 0 aliphatic carbocycles. The molecule has 0 bridgehead atoms. The van der Waals surface area contributed by atoms with Gasteiger partial charge in [0.25, 0.3) is 5.91 Å². The number of piperidine rings is 1. The van der Waals surface area contributed by atoms with E-state index < -0.39 is 0 Å². The summed E-state index contributed by atoms with van der Waals surface area (Å²) in [6.07, 6.45) is 3.81. The van der Waals surface area contributed by atoms with Crippen LogP contribution in [0, 0.1) is 3.57 Å². The second-order valence-electron chi connectivity index (χ2n) is 6.50. The molecule has 0 unspecified atom stereocenters. The minimum absolute atomic E-state index is 0.210. The lowest BCUT2D eigenvalue weighted by molar-refractivity contribution is 0.0977. The molecular weight excluding hydrogens is 457 g/mol. The lowest BCUT2D eigenvalue weighted by atomic mass is 10.0. The van der Waals surface area contributed by atoms with Gasteiger partial charge in [-0.2, -0.15) is 0 Å². The van der Waals surface area contributed by atoms with E-state index in [-0.39, 0.29) is 5.91 Å². The molecule has 1 amide bonds. The Hall–Kier alpha value is -1.67. The molecule has 1 heterocycles. The highest BCUT2D eigenvalue weighted by molar-refractivity contribution is 14.1. The number of hydrogen-bond acceptors (Lipinski definition) is 3. The molecule has 1 atom stereocenters. The quantitative estimate of drug-likeness (QED) is 0.491. The number of carbonyl (C=O) groups is 1. The van der Waals surface area contributed by atoms with Crippen LogP contribution in [0.1, 0.15) is 36.5 Å². The second-order valence-corrected chi connectivity index (χ2v) is 8.15. The first kappa shape index (κ1) is 19.1. The predicted octanol–water partition coefficient (Wildman–Crippen LogP) is 4.80. The van der Waals surface area contributed by atoms with Gasteiger partial charge in [-0.3, -0.25) is 10.1 Å². The summed E-state index contributed by atoms with van der Waals surface area (Å²) in [5.74, 6) is -0.210. The van der Waals surface area contributed by atoms with Crippen LogP contribution in [0.5, 0.6) is 0 Å². The van der Waals surface area contributed by atoms with Gasteiger partial charge in [-0.15, -0.1) is 0 Å². The summed E-state index contributed by atoms with van der Waals surface area (Å²) in [4.78, 5) is 14.7. The van der Waals surface area contributed by atoms with E-state index in [2.05, 4.69) is 57.2 Å². The van der Waals surface area contributed by atoms with Crippen molar-refractivity contribution in [1.29, 1.82) is 0 Å². The Bertz CT molecular complexity index is 777. The zero-order chi connectivity index (χ0) is 18.5. The van der Waals surface area contributed by atoms with E-state index in [1.165, 1.54) is 24.9 Å². The van der Waals surface area contributed by atoms with Crippen molar-refractivity contribution in [3.8, 4) is 0 Å². The summed E-state index contributed by atoms with van der Waals surface area (Å²) < 4.78 is 1.09. The third-order valence-corrected chi connectivity index (χ3v) is 5.52. The van der Waals surface area contributed by atoms with E-state index in [1.54, 1.807) is 12.1 Å². The van der Waals surface area contributed by atoms with Crippen LogP contribution >= 0.6 is 34.8 Å². The van der Waals surface area contributed by atoms with Gasteiger partial charge in [-0.1, -0.05) is 0 Å². The van der Waals surface area contributed by atoms with Crippen molar-refractivity contribution in [3.63, 3.8) is 0 Å². The molecule has 2 aromatic carbocycles. The highest BCUT2D eigenvalue weighted by Gasteiger charge is 2.18. The predicted molar refractivity (Wildman–Crippen MR) is 120 cm³/mol. The number of amides is 1. The minimum Gasteiger partial charge on any atom is -0.369 e. The van der Waals surface area contributed by atoms with Crippen LogP contribution in [0.2, 0.25) is 0 Å². The zero-order valence-electron chi connectivity index (χ0n) is 14.7. The first-order chi connectivity index (χ1) is 12.5. The molecule has 0 spiro atoms. The van der Waals surface area contributed by atoms with Gasteiger partial charge in [0.2, 0.25) is 0 Å². The lowest BCUT2D eigenvalue weighted by Crippen LogP contribution is -2.37. The van der Waals surface area contributed by atoms with Crippen LogP contribution in [-0.4, -0.2) is 23.6 Å². The Morgan fingerprint density at radius 3 is 2.46 bits per heavy atom. The molecule has 2 aromatic rings. The van der Waals surface area contributed by atoms with Crippen LogP contribution in [-0.2, 0) is 0 Å². The molecule has 136 valence electrons. The van der Waals surface area contributed by atoms with Crippen molar-refractivity contribution < 1.29 is 4.79 Å². The molecule has 0 saturated carbocycles. The second kappa shape index (κ2) is 8.81. The monoisotopic (exact) mass is 479 g/mol. The van der Waals surface area contributed by atoms with E-state index >= 15 is 0 Å². The van der Waals surface area contributed by atoms with Crippen molar-refractivity contribution >= 4 is 57.2 Å². The largest absolute Gasteiger partial charge is 0.369 e. The Morgan fingerprint density at radius 2 is 1.81 bits per heavy atom. The summed E-state index contributed by atoms with van der Waals surface area (Å²) in [5.41, 5.74) is 2.69. The Labute approximate surface area is 173 Å². The molecule has 1 saturated heterocycles. The van der Waals surface area contributed by atoms with E-state index in [0.717, 1.165) is 15.8 Å². The fourth-order valence-corrected chi connectivity index (χ4v) is 3.73. The Balaban J connectivity index is 1.57. The van der Waals surface area contributed by atoms with E-state index in [0.29, 0.717) is 16.7 Å². The molecule has 4 nitrogen and oxygen atoms in total. The van der Waals surface area contributed by atoms with Gasteiger partial charge in [-0.05, 0) is 110 Å². The number of rotatable bonds is 3. The van der Waals surface area contributed by atoms with Crippen molar-refractivity contribution in [2.45, 2.75) is 32.2 Å². The molecule has 2 N–H and O–H groups in total. The van der Waals surface area contributed by atoms with E-state index in [9.17, 15) is 4.79 Å². The van der Waals surface area contributed by atoms with Crippen LogP contribution in [0.3, 0.4) is 0 Å². The lowest BCUT2D eigenvalue weighted by Gasteiger charge is -2.35. The van der Waals surface area contributed by atoms with Gasteiger partial charge in [-0.25, -0.2) is 0 Å². The third kappa shape index (κ3) is 4.94. The normalized spacial score (nSPS) is 16.8. The van der Waals surface area contributed by atoms with Gasteiger partial charge in [0.15, 0.2) is 5.11 Å². The molecule has 1 aliphatic heterocycles. The molecule has 0 radical (unpaired) electrons. The Morgan fingerprint density at radius 1 is 1.12 bits per heavy atom. The van der Waals surface area contributed by atoms with Crippen molar-refractivity contribution in [2.75, 3.05) is 16.8 Å². The van der Waals surface area contributed by atoms with Gasteiger partial charge < -0.3 is 10.2 Å². The molecule has 1 fully saturated rings. The minimum atomic E-state index is -0.210. The maximum absolute atomic E-state index is 12.2. The highest BCUT2D eigenvalue weighted by Crippen LogP contribution is 2.25. The topological polar surface area (TPSA) is 44.4 Å². The number of benzene rings is 2. The maximum atomic E-state index is 12.2. The summed E-state index contributed by atoms with van der Waals surface area (Å²) in [5, 5.41) is 6.09. The number of nitrogens with zero attached hydrogens (tertiary/aromatic N) is 1. The molecule has 3 rings (SSSR count). The first-order valence-corrected chi connectivity index (χ1v) is 10.3. The van der Waals surface area contributed by atoms with E-state index in [1.807, 2.05) is 24.3 Å². The fourth-order valence-electron chi connectivity index (χ4n) is 3.16. The van der Waals surface area contributed by atoms with Crippen LogP contribution in [0.15, 0.2) is 48.5 Å². The average Bonchev–Trinajstić information content (AvgIpc) is 2.63. The molecular formula is C20H22IN3OS. The standard InChI is InChI=1S/C20H22IN3OS/c1-14-4-2-3-13-24(14)18-11-9-17(10-12-18)22-20(26)23-19(25)15-5-7-16(21)8-6-15/h5-12,14H,2-4,13H2,1H3,(H2,22,23,25,26)/t14-/m0/s1. The highest BCUT2D eigenvalue weighted by atomic mass is 127. The van der Waals surface area contributed by atoms with Crippen LogP contribution in [0.25, 0.3) is 0 Å². The summed E-state index contributed by atoms with van der Waals surface area (Å²) >= 11 is 7.47. The molecule has 6 heteroatoms. The number of nitrogens with one attached hydrogen (secondary N) is 2. The summed E-state index contributed by atoms with van der Waals surface area (Å²) in [7, 11) is 0. The van der Waals surface area contributed by atoms with Gasteiger partial charge in [0.1, 0.15) is 0 Å². The van der Waals surface area contributed by atoms with E-state index in [4.69, 9.17) is 12.2 Å². The molecule has 0 aromatic heterocycles. The number of halogens is 1. The van der Waals surface area contributed by atoms with Crippen LogP contribution < -0.4 is 15.5 Å². The van der Waals surface area contributed by atoms with Gasteiger partial charge in [0, 0.05) is 33.1 Å². The number of hydrogen-bond donors (Lipinski definition) is 2. The number of carbonyl (C=O) groups excluding carboxylic acids is 1.